The second kappa shape index (κ2) is 4.94. The zero-order valence-electron chi connectivity index (χ0n) is 8.13. The molecule has 1 amide bonds. The third-order valence-electron chi connectivity index (χ3n) is 1.86. The molecule has 78 valence electrons. The smallest absolute Gasteiger partial charge is 0.255 e. The molecule has 0 N–H and O–H groups in total. The van der Waals surface area contributed by atoms with Crippen molar-refractivity contribution >= 4 is 21.8 Å². The molecule has 0 atom stereocenters. The van der Waals surface area contributed by atoms with Gasteiger partial charge in [-0.05, 0) is 28.1 Å². The number of benzene rings is 1. The lowest BCUT2D eigenvalue weighted by molar-refractivity contribution is 0.0811. The fraction of sp³-hybridized carbons (Fsp3) is 0.182. The summed E-state index contributed by atoms with van der Waals surface area (Å²) >= 11 is 3.03. The third-order valence-corrected chi connectivity index (χ3v) is 2.66. The number of carbonyl (C=O) groups excluding carboxylic acids is 1. The Bertz CT molecular complexity index is 425. The van der Waals surface area contributed by atoms with Crippen LogP contribution >= 0.6 is 15.9 Å². The van der Waals surface area contributed by atoms with Gasteiger partial charge in [-0.25, -0.2) is 4.39 Å². The Hall–Kier alpha value is -1.34. The van der Waals surface area contributed by atoms with Gasteiger partial charge in [-0.1, -0.05) is 12.0 Å². The van der Waals surface area contributed by atoms with Crippen molar-refractivity contribution < 1.29 is 9.18 Å². The largest absolute Gasteiger partial charge is 0.331 e. The van der Waals surface area contributed by atoms with E-state index in [4.69, 9.17) is 6.42 Å². The molecule has 0 aliphatic heterocycles. The standard InChI is InChI=1S/C11H9BrFNO/c1-3-7-14(2)11(15)8-5-4-6-9(13)10(8)12/h1,4-6H,7H2,2H3. The van der Waals surface area contributed by atoms with E-state index >= 15 is 0 Å². The molecule has 0 aromatic heterocycles. The number of amides is 1. The number of terminal acetylenes is 1. The van der Waals surface area contributed by atoms with Crippen molar-refractivity contribution in [3.8, 4) is 12.3 Å². The van der Waals surface area contributed by atoms with Crippen molar-refractivity contribution in [1.82, 2.24) is 4.90 Å². The molecule has 0 spiro atoms. The zero-order chi connectivity index (χ0) is 11.4. The van der Waals surface area contributed by atoms with E-state index in [1.165, 1.54) is 17.0 Å². The molecule has 0 fully saturated rings. The molecular weight excluding hydrogens is 261 g/mol. The topological polar surface area (TPSA) is 20.3 Å². The van der Waals surface area contributed by atoms with Gasteiger partial charge in [0.15, 0.2) is 0 Å². The van der Waals surface area contributed by atoms with Gasteiger partial charge in [0.2, 0.25) is 0 Å². The van der Waals surface area contributed by atoms with Gasteiger partial charge in [-0.15, -0.1) is 6.42 Å². The number of hydrogen-bond donors (Lipinski definition) is 0. The van der Waals surface area contributed by atoms with E-state index in [9.17, 15) is 9.18 Å². The van der Waals surface area contributed by atoms with Crippen molar-refractivity contribution in [1.29, 1.82) is 0 Å². The quantitative estimate of drug-likeness (QED) is 0.755. The van der Waals surface area contributed by atoms with E-state index in [-0.39, 0.29) is 22.5 Å². The minimum Gasteiger partial charge on any atom is -0.331 e. The highest BCUT2D eigenvalue weighted by atomic mass is 79.9. The first-order valence-corrected chi connectivity index (χ1v) is 5.00. The highest BCUT2D eigenvalue weighted by Crippen LogP contribution is 2.21. The van der Waals surface area contributed by atoms with E-state index in [0.29, 0.717) is 0 Å². The summed E-state index contributed by atoms with van der Waals surface area (Å²) in [5.74, 6) is 1.58. The van der Waals surface area contributed by atoms with Crippen LogP contribution in [0.25, 0.3) is 0 Å². The van der Waals surface area contributed by atoms with Crippen LogP contribution in [0.5, 0.6) is 0 Å². The second-order valence-corrected chi connectivity index (χ2v) is 3.76. The summed E-state index contributed by atoms with van der Waals surface area (Å²) in [6, 6.07) is 4.31. The molecule has 0 saturated heterocycles. The lowest BCUT2D eigenvalue weighted by Crippen LogP contribution is -2.27. The molecular formula is C11H9BrFNO. The summed E-state index contributed by atoms with van der Waals surface area (Å²) in [5, 5.41) is 0. The lowest BCUT2D eigenvalue weighted by Gasteiger charge is -2.14. The highest BCUT2D eigenvalue weighted by molar-refractivity contribution is 9.10. The maximum absolute atomic E-state index is 13.1. The fourth-order valence-corrected chi connectivity index (χ4v) is 1.52. The Kier molecular flexibility index (Phi) is 3.87. The monoisotopic (exact) mass is 269 g/mol. The molecule has 0 aliphatic rings. The molecule has 0 radical (unpaired) electrons. The van der Waals surface area contributed by atoms with E-state index in [1.54, 1.807) is 13.1 Å². The predicted octanol–water partition coefficient (Wildman–Crippen LogP) is 2.29. The van der Waals surface area contributed by atoms with Gasteiger partial charge in [0.25, 0.3) is 5.91 Å². The Morgan fingerprint density at radius 3 is 2.93 bits per heavy atom. The number of nitrogens with zero attached hydrogens (tertiary/aromatic N) is 1. The summed E-state index contributed by atoms with van der Waals surface area (Å²) in [5.41, 5.74) is 0.271. The maximum atomic E-state index is 13.1. The Morgan fingerprint density at radius 1 is 1.67 bits per heavy atom. The van der Waals surface area contributed by atoms with E-state index in [0.717, 1.165) is 0 Å². The summed E-state index contributed by atoms with van der Waals surface area (Å²) in [6.45, 7) is 0.196. The van der Waals surface area contributed by atoms with Gasteiger partial charge in [0, 0.05) is 7.05 Å². The Balaban J connectivity index is 3.02. The summed E-state index contributed by atoms with van der Waals surface area (Å²) in [6.07, 6.45) is 5.08. The average molecular weight is 270 g/mol. The molecule has 0 unspecified atom stereocenters. The highest BCUT2D eigenvalue weighted by Gasteiger charge is 2.15. The maximum Gasteiger partial charge on any atom is 0.255 e. The lowest BCUT2D eigenvalue weighted by atomic mass is 10.2. The van der Waals surface area contributed by atoms with Crippen LogP contribution in [0.1, 0.15) is 10.4 Å². The van der Waals surface area contributed by atoms with Crippen LogP contribution in [0.15, 0.2) is 22.7 Å². The molecule has 0 aliphatic carbocycles. The molecule has 0 heterocycles. The van der Waals surface area contributed by atoms with E-state index < -0.39 is 5.82 Å². The van der Waals surface area contributed by atoms with Crippen LogP contribution in [-0.2, 0) is 0 Å². The van der Waals surface area contributed by atoms with E-state index in [1.807, 2.05) is 0 Å². The second-order valence-electron chi connectivity index (χ2n) is 2.97. The van der Waals surface area contributed by atoms with Crippen molar-refractivity contribution in [2.75, 3.05) is 13.6 Å². The Labute approximate surface area is 96.2 Å². The van der Waals surface area contributed by atoms with Crippen LogP contribution in [-0.4, -0.2) is 24.4 Å². The van der Waals surface area contributed by atoms with Crippen LogP contribution < -0.4 is 0 Å². The van der Waals surface area contributed by atoms with Crippen LogP contribution in [0.2, 0.25) is 0 Å². The van der Waals surface area contributed by atoms with E-state index in [2.05, 4.69) is 21.9 Å². The van der Waals surface area contributed by atoms with Crippen LogP contribution in [0.3, 0.4) is 0 Å². The molecule has 0 saturated carbocycles. The first-order valence-electron chi connectivity index (χ1n) is 4.21. The summed E-state index contributed by atoms with van der Waals surface area (Å²) in [7, 11) is 1.57. The van der Waals surface area contributed by atoms with Crippen LogP contribution in [0.4, 0.5) is 4.39 Å². The normalized spacial score (nSPS) is 9.47. The summed E-state index contributed by atoms with van der Waals surface area (Å²) in [4.78, 5) is 13.1. The minimum absolute atomic E-state index is 0.166. The number of hydrogen-bond acceptors (Lipinski definition) is 1. The van der Waals surface area contributed by atoms with Gasteiger partial charge >= 0.3 is 0 Å². The predicted molar refractivity (Wildman–Crippen MR) is 59.9 cm³/mol. The van der Waals surface area contributed by atoms with Gasteiger partial charge in [0.1, 0.15) is 5.82 Å². The molecule has 15 heavy (non-hydrogen) atoms. The Morgan fingerprint density at radius 2 is 2.33 bits per heavy atom. The molecule has 2 nitrogen and oxygen atoms in total. The van der Waals surface area contributed by atoms with Gasteiger partial charge in [-0.2, -0.15) is 0 Å². The third kappa shape index (κ3) is 2.57. The first kappa shape index (κ1) is 11.7. The molecule has 1 aromatic rings. The summed E-state index contributed by atoms with van der Waals surface area (Å²) < 4.78 is 13.3. The molecule has 4 heteroatoms. The van der Waals surface area contributed by atoms with Crippen molar-refractivity contribution in [2.24, 2.45) is 0 Å². The fourth-order valence-electron chi connectivity index (χ4n) is 1.08. The number of carbonyl (C=O) groups is 1. The minimum atomic E-state index is -0.463. The molecule has 1 rings (SSSR count). The first-order chi connectivity index (χ1) is 7.07. The van der Waals surface area contributed by atoms with Crippen molar-refractivity contribution in [3.63, 3.8) is 0 Å². The van der Waals surface area contributed by atoms with Crippen LogP contribution in [0, 0.1) is 18.2 Å². The van der Waals surface area contributed by atoms with Gasteiger partial charge in [0.05, 0.1) is 16.6 Å². The average Bonchev–Trinajstić information content (AvgIpc) is 2.21. The zero-order valence-corrected chi connectivity index (χ0v) is 9.71. The number of rotatable bonds is 2. The number of halogens is 2. The molecule has 1 aromatic carbocycles. The SMILES string of the molecule is C#CCN(C)C(=O)c1cccc(F)c1Br. The molecule has 0 bridgehead atoms. The van der Waals surface area contributed by atoms with Crippen molar-refractivity contribution in [3.05, 3.63) is 34.1 Å². The van der Waals surface area contributed by atoms with Crippen molar-refractivity contribution in [2.45, 2.75) is 0 Å². The van der Waals surface area contributed by atoms with Gasteiger partial charge < -0.3 is 4.90 Å². The van der Waals surface area contributed by atoms with Gasteiger partial charge in [-0.3, -0.25) is 4.79 Å².